The van der Waals surface area contributed by atoms with E-state index >= 15 is 0 Å². The van der Waals surface area contributed by atoms with Crippen LogP contribution in [0.5, 0.6) is 5.88 Å². The zero-order chi connectivity index (χ0) is 13.7. The fraction of sp³-hybridized carbons (Fsp3) is 0.286. The van der Waals surface area contributed by atoms with Crippen LogP contribution in [0.25, 0.3) is 0 Å². The van der Waals surface area contributed by atoms with Gasteiger partial charge in [-0.05, 0) is 32.0 Å². The van der Waals surface area contributed by atoms with Crippen LogP contribution in [0.3, 0.4) is 0 Å². The highest BCUT2D eigenvalue weighted by atomic mass is 16.5. The minimum atomic E-state index is 0.0913. The van der Waals surface area contributed by atoms with E-state index in [4.69, 9.17) is 10.5 Å². The molecular weight excluding hydrogens is 240 g/mol. The molecule has 0 spiro atoms. The van der Waals surface area contributed by atoms with Crippen molar-refractivity contribution in [3.63, 3.8) is 0 Å². The molecule has 0 aliphatic heterocycles. The molecule has 0 fully saturated rings. The van der Waals surface area contributed by atoms with E-state index < -0.39 is 0 Å². The summed E-state index contributed by atoms with van der Waals surface area (Å²) in [5.41, 5.74) is 7.43. The van der Waals surface area contributed by atoms with Crippen LogP contribution in [0.1, 0.15) is 19.4 Å². The van der Waals surface area contributed by atoms with Gasteiger partial charge in [-0.15, -0.1) is 0 Å². The third kappa shape index (κ3) is 3.58. The monoisotopic (exact) mass is 258 g/mol. The number of nitrogen functional groups attached to an aromatic ring is 1. The van der Waals surface area contributed by atoms with E-state index in [0.29, 0.717) is 23.9 Å². The molecule has 0 amide bonds. The first-order valence-electron chi connectivity index (χ1n) is 6.21. The first kappa shape index (κ1) is 13.1. The molecule has 2 heterocycles. The van der Waals surface area contributed by atoms with Gasteiger partial charge >= 0.3 is 0 Å². The zero-order valence-electron chi connectivity index (χ0n) is 11.1. The first-order valence-corrected chi connectivity index (χ1v) is 6.21. The van der Waals surface area contributed by atoms with E-state index in [2.05, 4.69) is 15.3 Å². The maximum atomic E-state index is 5.83. The average Bonchev–Trinajstić information content (AvgIpc) is 2.39. The lowest BCUT2D eigenvalue weighted by molar-refractivity contribution is 0.230. The van der Waals surface area contributed by atoms with Gasteiger partial charge in [0.2, 0.25) is 5.88 Å². The number of hydrogen-bond donors (Lipinski definition) is 2. The summed E-state index contributed by atoms with van der Waals surface area (Å²) in [6.45, 7) is 4.52. The van der Waals surface area contributed by atoms with Crippen LogP contribution in [-0.2, 0) is 6.54 Å². The lowest BCUT2D eigenvalue weighted by atomic mass is 10.2. The molecule has 0 aliphatic rings. The van der Waals surface area contributed by atoms with Gasteiger partial charge in [-0.2, -0.15) is 0 Å². The van der Waals surface area contributed by atoms with E-state index in [1.807, 2.05) is 32.0 Å². The lowest BCUT2D eigenvalue weighted by Crippen LogP contribution is -2.11. The number of nitrogens with zero attached hydrogens (tertiary/aromatic N) is 2. The second-order valence-corrected chi connectivity index (χ2v) is 4.43. The normalized spacial score (nSPS) is 10.5. The first-order chi connectivity index (χ1) is 9.16. The van der Waals surface area contributed by atoms with Gasteiger partial charge in [-0.3, -0.25) is 0 Å². The Morgan fingerprint density at radius 1 is 1.21 bits per heavy atom. The summed E-state index contributed by atoms with van der Waals surface area (Å²) >= 11 is 0. The maximum absolute atomic E-state index is 5.83. The van der Waals surface area contributed by atoms with Gasteiger partial charge in [0.15, 0.2) is 0 Å². The van der Waals surface area contributed by atoms with Crippen LogP contribution in [-0.4, -0.2) is 16.1 Å². The largest absolute Gasteiger partial charge is 0.475 e. The molecule has 0 aliphatic carbocycles. The second-order valence-electron chi connectivity index (χ2n) is 4.43. The molecule has 2 aromatic rings. The number of nitrogens with two attached hydrogens (primary N) is 1. The van der Waals surface area contributed by atoms with Crippen LogP contribution in [0.2, 0.25) is 0 Å². The van der Waals surface area contributed by atoms with Gasteiger partial charge in [0.05, 0.1) is 11.8 Å². The fourth-order valence-electron chi connectivity index (χ4n) is 1.63. The molecule has 19 heavy (non-hydrogen) atoms. The van der Waals surface area contributed by atoms with E-state index in [9.17, 15) is 0 Å². The molecule has 0 saturated carbocycles. The van der Waals surface area contributed by atoms with E-state index in [1.165, 1.54) is 0 Å². The minimum absolute atomic E-state index is 0.0913. The quantitative estimate of drug-likeness (QED) is 0.861. The predicted molar refractivity (Wildman–Crippen MR) is 76.0 cm³/mol. The third-order valence-electron chi connectivity index (χ3n) is 2.48. The molecule has 0 bridgehead atoms. The van der Waals surface area contributed by atoms with Crippen LogP contribution in [0.4, 0.5) is 11.5 Å². The summed E-state index contributed by atoms with van der Waals surface area (Å²) < 4.78 is 5.66. The average molecular weight is 258 g/mol. The van der Waals surface area contributed by atoms with Gasteiger partial charge in [0.25, 0.3) is 0 Å². The van der Waals surface area contributed by atoms with Crippen molar-refractivity contribution >= 4 is 11.5 Å². The van der Waals surface area contributed by atoms with Gasteiger partial charge in [-0.25, -0.2) is 9.97 Å². The Morgan fingerprint density at radius 3 is 2.68 bits per heavy atom. The number of aromatic nitrogens is 2. The number of anilines is 2. The van der Waals surface area contributed by atoms with Crippen LogP contribution < -0.4 is 15.8 Å². The Kier molecular flexibility index (Phi) is 4.18. The van der Waals surface area contributed by atoms with Crippen molar-refractivity contribution in [1.82, 2.24) is 9.97 Å². The SMILES string of the molecule is CC(C)Oc1ncccc1CNc1ncccc1N. The minimum Gasteiger partial charge on any atom is -0.475 e. The Bertz CT molecular complexity index is 542. The van der Waals surface area contributed by atoms with Crippen LogP contribution in [0, 0.1) is 0 Å². The number of rotatable bonds is 5. The Balaban J connectivity index is 2.09. The van der Waals surface area contributed by atoms with Crippen LogP contribution >= 0.6 is 0 Å². The molecule has 2 aromatic heterocycles. The third-order valence-corrected chi connectivity index (χ3v) is 2.48. The number of pyridine rings is 2. The van der Waals surface area contributed by atoms with Gasteiger partial charge in [0, 0.05) is 24.5 Å². The zero-order valence-corrected chi connectivity index (χ0v) is 11.1. The van der Waals surface area contributed by atoms with Crippen LogP contribution in [0.15, 0.2) is 36.7 Å². The highest BCUT2D eigenvalue weighted by Gasteiger charge is 2.07. The molecule has 0 saturated heterocycles. The summed E-state index contributed by atoms with van der Waals surface area (Å²) in [6.07, 6.45) is 3.51. The molecule has 0 radical (unpaired) electrons. The molecule has 0 atom stereocenters. The van der Waals surface area contributed by atoms with E-state index in [0.717, 1.165) is 5.56 Å². The van der Waals surface area contributed by atoms with Crippen molar-refractivity contribution in [2.45, 2.75) is 26.5 Å². The van der Waals surface area contributed by atoms with Crippen molar-refractivity contribution in [3.05, 3.63) is 42.2 Å². The summed E-state index contributed by atoms with van der Waals surface area (Å²) in [7, 11) is 0. The van der Waals surface area contributed by atoms with Crippen molar-refractivity contribution in [1.29, 1.82) is 0 Å². The maximum Gasteiger partial charge on any atom is 0.218 e. The standard InChI is InChI=1S/C14H18N4O/c1-10(2)19-14-11(5-3-8-17-14)9-18-13-12(15)6-4-7-16-13/h3-8,10H,9,15H2,1-2H3,(H,16,18). The van der Waals surface area contributed by atoms with Gasteiger partial charge in [0.1, 0.15) is 5.82 Å². The van der Waals surface area contributed by atoms with Gasteiger partial charge in [-0.1, -0.05) is 6.07 Å². The molecule has 0 aromatic carbocycles. The van der Waals surface area contributed by atoms with Crippen molar-refractivity contribution < 1.29 is 4.74 Å². The van der Waals surface area contributed by atoms with E-state index in [-0.39, 0.29) is 6.10 Å². The summed E-state index contributed by atoms with van der Waals surface area (Å²) in [5.74, 6) is 1.31. The molecule has 3 N–H and O–H groups in total. The Hall–Kier alpha value is -2.30. The highest BCUT2D eigenvalue weighted by molar-refractivity contribution is 5.60. The molecule has 100 valence electrons. The van der Waals surface area contributed by atoms with Crippen molar-refractivity contribution in [3.8, 4) is 5.88 Å². The Morgan fingerprint density at radius 2 is 1.95 bits per heavy atom. The van der Waals surface area contributed by atoms with Crippen molar-refractivity contribution in [2.75, 3.05) is 11.1 Å². The number of nitrogens with one attached hydrogen (secondary N) is 1. The number of ether oxygens (including phenoxy) is 1. The summed E-state index contributed by atoms with van der Waals surface area (Å²) in [4.78, 5) is 8.43. The topological polar surface area (TPSA) is 73.1 Å². The number of hydrogen-bond acceptors (Lipinski definition) is 5. The summed E-state index contributed by atoms with van der Waals surface area (Å²) in [5, 5.41) is 3.19. The van der Waals surface area contributed by atoms with Crippen molar-refractivity contribution in [2.24, 2.45) is 0 Å². The molecule has 5 nitrogen and oxygen atoms in total. The fourth-order valence-corrected chi connectivity index (χ4v) is 1.63. The second kappa shape index (κ2) is 6.04. The smallest absolute Gasteiger partial charge is 0.218 e. The van der Waals surface area contributed by atoms with Gasteiger partial charge < -0.3 is 15.8 Å². The Labute approximate surface area is 112 Å². The highest BCUT2D eigenvalue weighted by Crippen LogP contribution is 2.19. The lowest BCUT2D eigenvalue weighted by Gasteiger charge is -2.14. The molecule has 2 rings (SSSR count). The molecule has 0 unspecified atom stereocenters. The summed E-state index contributed by atoms with van der Waals surface area (Å²) in [6, 6.07) is 7.46. The van der Waals surface area contributed by atoms with E-state index in [1.54, 1.807) is 18.5 Å². The predicted octanol–water partition coefficient (Wildman–Crippen LogP) is 2.46. The molecule has 5 heteroatoms. The molecular formula is C14H18N4O.